The van der Waals surface area contributed by atoms with Crippen molar-refractivity contribution in [1.82, 2.24) is 0 Å². The molecule has 4 N–H and O–H groups in total. The number of hydrogen-bond donors (Lipinski definition) is 4. The van der Waals surface area contributed by atoms with Crippen LogP contribution in [-0.2, 0) is 38.3 Å². The molecule has 0 amide bonds. The van der Waals surface area contributed by atoms with E-state index in [1.54, 1.807) is 0 Å². The fraction of sp³-hybridized carbons (Fsp3) is 0.868. The van der Waals surface area contributed by atoms with Gasteiger partial charge in [-0.25, -0.2) is 4.18 Å². The molecule has 1 fully saturated rings. The Morgan fingerprint density at radius 2 is 1.00 bits per heavy atom. The molecule has 1 aliphatic rings. The first-order valence-corrected chi connectivity index (χ1v) is 28.1. The van der Waals surface area contributed by atoms with E-state index in [9.17, 15) is 33.1 Å². The molecule has 1 saturated heterocycles. The third-order valence-corrected chi connectivity index (χ3v) is 12.7. The molecule has 0 bridgehead atoms. The minimum atomic E-state index is -5.07. The van der Waals surface area contributed by atoms with E-state index in [-0.39, 0.29) is 19.6 Å². The monoisotopic (exact) mass is 959 g/mol. The number of allylic oxidation sites excluding steroid dienone is 6. The number of ether oxygens (including phenoxy) is 4. The van der Waals surface area contributed by atoms with Gasteiger partial charge in [0, 0.05) is 13.0 Å². The Kier molecular flexibility index (Phi) is 42.1. The molecule has 6 unspecified atom stereocenters. The number of hydrogen-bond acceptors (Lipinski definition) is 11. The first-order chi connectivity index (χ1) is 32.1. The Morgan fingerprint density at radius 1 is 0.576 bits per heavy atom. The number of rotatable bonds is 47. The SMILES string of the molecule is CCCCCCC/C=C\C/C=C\C/C=C\CCCCCCCCC(=O)OC(COCCCCCCCCCCCCCCCCCCCC)COC1OC(CO)C(O)C(OS(=O)(=O)O)C1O. The maximum Gasteiger partial charge on any atom is 0.397 e. The summed E-state index contributed by atoms with van der Waals surface area (Å²) in [6.07, 6.45) is 44.6. The highest BCUT2D eigenvalue weighted by molar-refractivity contribution is 7.80. The van der Waals surface area contributed by atoms with Crippen LogP contribution in [0.2, 0.25) is 0 Å². The molecule has 0 aromatic heterocycles. The summed E-state index contributed by atoms with van der Waals surface area (Å²) in [5.41, 5.74) is 0. The fourth-order valence-corrected chi connectivity index (χ4v) is 8.72. The fourth-order valence-electron chi connectivity index (χ4n) is 8.21. The average Bonchev–Trinajstić information content (AvgIpc) is 3.29. The van der Waals surface area contributed by atoms with Gasteiger partial charge in [0.25, 0.3) is 0 Å². The molecule has 6 atom stereocenters. The largest absolute Gasteiger partial charge is 0.457 e. The molecule has 0 radical (unpaired) electrons. The summed E-state index contributed by atoms with van der Waals surface area (Å²) in [6, 6.07) is 0. The number of unbranched alkanes of at least 4 members (excludes halogenated alkanes) is 28. The normalized spacial score (nSPS) is 19.8. The first kappa shape index (κ1) is 62.3. The summed E-state index contributed by atoms with van der Waals surface area (Å²) in [5.74, 6) is -0.408. The van der Waals surface area contributed by atoms with Gasteiger partial charge < -0.3 is 34.3 Å². The van der Waals surface area contributed by atoms with Gasteiger partial charge in [-0.3, -0.25) is 9.35 Å². The standard InChI is InChI=1S/C53H98O12S/c1-3-5-7-9-11-13-15-17-19-21-23-24-25-26-28-30-32-34-36-38-40-42-49(55)63-47(46-62-53-51(57)52(65-66(58,59)60)50(56)48(44-54)64-53)45-61-43-41-39-37-35-33-31-29-27-22-20-18-16-14-12-10-8-6-4-2/h15,17,21,23,25-26,47-48,50-54,56-57H,3-14,16,18-20,22,24,27-46H2,1-2H3,(H,58,59,60)/b17-15-,23-21-,26-25-. The van der Waals surface area contributed by atoms with E-state index in [1.807, 2.05) is 0 Å². The minimum Gasteiger partial charge on any atom is -0.457 e. The maximum atomic E-state index is 12.9. The Bertz CT molecular complexity index is 1290. The van der Waals surface area contributed by atoms with Crippen LogP contribution in [0, 0.1) is 0 Å². The summed E-state index contributed by atoms with van der Waals surface area (Å²) >= 11 is 0. The van der Waals surface area contributed by atoms with Crippen LogP contribution in [0.4, 0.5) is 0 Å². The van der Waals surface area contributed by atoms with Crippen molar-refractivity contribution in [2.45, 2.75) is 269 Å². The molecule has 0 aliphatic carbocycles. The number of aliphatic hydroxyl groups excluding tert-OH is 3. The molecule has 1 rings (SSSR count). The Morgan fingerprint density at radius 3 is 1.45 bits per heavy atom. The van der Waals surface area contributed by atoms with Crippen molar-refractivity contribution in [3.8, 4) is 0 Å². The van der Waals surface area contributed by atoms with Crippen LogP contribution >= 0.6 is 0 Å². The van der Waals surface area contributed by atoms with Gasteiger partial charge in [0.05, 0.1) is 19.8 Å². The van der Waals surface area contributed by atoms with E-state index in [0.29, 0.717) is 13.0 Å². The molecule has 13 heteroatoms. The van der Waals surface area contributed by atoms with Crippen molar-refractivity contribution in [2.75, 3.05) is 26.4 Å². The third kappa shape index (κ3) is 37.2. The predicted octanol–water partition coefficient (Wildman–Crippen LogP) is 12.5. The Hall–Kier alpha value is -1.68. The lowest BCUT2D eigenvalue weighted by molar-refractivity contribution is -0.301. The molecule has 66 heavy (non-hydrogen) atoms. The summed E-state index contributed by atoms with van der Waals surface area (Å²) in [7, 11) is -5.07. The van der Waals surface area contributed by atoms with E-state index in [1.165, 1.54) is 135 Å². The number of esters is 1. The molecule has 388 valence electrons. The lowest BCUT2D eigenvalue weighted by atomic mass is 9.99. The maximum absolute atomic E-state index is 12.9. The molecular formula is C53H98O12S. The van der Waals surface area contributed by atoms with Crippen molar-refractivity contribution in [2.24, 2.45) is 0 Å². The predicted molar refractivity (Wildman–Crippen MR) is 267 cm³/mol. The van der Waals surface area contributed by atoms with Gasteiger partial charge in [-0.1, -0.05) is 211 Å². The third-order valence-electron chi connectivity index (χ3n) is 12.3. The average molecular weight is 959 g/mol. The second kappa shape index (κ2) is 44.5. The van der Waals surface area contributed by atoms with Crippen LogP contribution in [0.25, 0.3) is 0 Å². The molecule has 0 spiro atoms. The molecule has 1 aliphatic heterocycles. The summed E-state index contributed by atoms with van der Waals surface area (Å²) in [6.45, 7) is 4.00. The summed E-state index contributed by atoms with van der Waals surface area (Å²) in [4.78, 5) is 12.9. The van der Waals surface area contributed by atoms with Crippen LogP contribution in [0.1, 0.15) is 232 Å². The quantitative estimate of drug-likeness (QED) is 0.0197. The highest BCUT2D eigenvalue weighted by Crippen LogP contribution is 2.26. The van der Waals surface area contributed by atoms with E-state index in [0.717, 1.165) is 70.6 Å². The van der Waals surface area contributed by atoms with Crippen LogP contribution in [0.3, 0.4) is 0 Å². The summed E-state index contributed by atoms with van der Waals surface area (Å²) in [5, 5.41) is 30.8. The minimum absolute atomic E-state index is 0.0336. The van der Waals surface area contributed by atoms with Crippen molar-refractivity contribution < 1.29 is 56.2 Å². The zero-order valence-corrected chi connectivity index (χ0v) is 42.6. The van der Waals surface area contributed by atoms with Gasteiger partial charge >= 0.3 is 16.4 Å². The topological polar surface area (TPSA) is 178 Å². The molecule has 0 aromatic carbocycles. The second-order valence-electron chi connectivity index (χ2n) is 18.5. The molecular weight excluding hydrogens is 861 g/mol. The van der Waals surface area contributed by atoms with Gasteiger partial charge in [-0.2, -0.15) is 8.42 Å². The smallest absolute Gasteiger partial charge is 0.397 e. The number of aliphatic hydroxyl groups is 3. The van der Waals surface area contributed by atoms with Gasteiger partial charge in [0.1, 0.15) is 30.5 Å². The van der Waals surface area contributed by atoms with Crippen LogP contribution in [-0.4, -0.2) is 97.5 Å². The molecule has 1 heterocycles. The van der Waals surface area contributed by atoms with Gasteiger partial charge in [0.15, 0.2) is 6.29 Å². The number of carbonyl (C=O) groups excluding carboxylic acids is 1. The van der Waals surface area contributed by atoms with E-state index in [4.69, 9.17) is 18.9 Å². The molecule has 0 aromatic rings. The van der Waals surface area contributed by atoms with Crippen molar-refractivity contribution >= 4 is 16.4 Å². The van der Waals surface area contributed by atoms with E-state index < -0.39 is 59.8 Å². The second-order valence-corrected chi connectivity index (χ2v) is 19.5. The number of carbonyl (C=O) groups is 1. The Labute approximate surface area is 403 Å². The lowest BCUT2D eigenvalue weighted by Gasteiger charge is -2.41. The van der Waals surface area contributed by atoms with Crippen LogP contribution in [0.5, 0.6) is 0 Å². The van der Waals surface area contributed by atoms with E-state index in [2.05, 4.69) is 54.5 Å². The zero-order valence-electron chi connectivity index (χ0n) is 41.8. The van der Waals surface area contributed by atoms with Crippen LogP contribution in [0.15, 0.2) is 36.5 Å². The first-order valence-electron chi connectivity index (χ1n) is 26.7. The van der Waals surface area contributed by atoms with E-state index >= 15 is 0 Å². The lowest BCUT2D eigenvalue weighted by Crippen LogP contribution is -2.60. The molecule has 12 nitrogen and oxygen atoms in total. The molecule has 0 saturated carbocycles. The highest BCUT2D eigenvalue weighted by Gasteiger charge is 2.48. The van der Waals surface area contributed by atoms with Gasteiger partial charge in [-0.05, 0) is 51.4 Å². The van der Waals surface area contributed by atoms with Gasteiger partial charge in [0.2, 0.25) is 0 Å². The summed E-state index contributed by atoms with van der Waals surface area (Å²) < 4.78 is 59.3. The Balaban J connectivity index is 2.35. The van der Waals surface area contributed by atoms with Crippen LogP contribution < -0.4 is 0 Å². The van der Waals surface area contributed by atoms with Crippen molar-refractivity contribution in [3.05, 3.63) is 36.5 Å². The zero-order chi connectivity index (χ0) is 48.2. The highest BCUT2D eigenvalue weighted by atomic mass is 32.3. The van der Waals surface area contributed by atoms with Crippen molar-refractivity contribution in [1.29, 1.82) is 0 Å². The van der Waals surface area contributed by atoms with Crippen molar-refractivity contribution in [3.63, 3.8) is 0 Å². The van der Waals surface area contributed by atoms with Gasteiger partial charge in [-0.15, -0.1) is 0 Å².